The van der Waals surface area contributed by atoms with Crippen LogP contribution >= 0.6 is 35.0 Å². The standard InChI is InChI=1S/C26H26Cl2N2O4S/c27-21-4-6-24(22(28)18-21)35-23-5-1-19(2-7-25(31)29-9-13-33-14-10-29)17-20(23)3-8-26(32)30-11-15-34-16-12-30/h1-8,17-18H,9-16H2/b7-2+,8-3+. The van der Waals surface area contributed by atoms with Crippen LogP contribution in [0.4, 0.5) is 0 Å². The van der Waals surface area contributed by atoms with Crippen LogP contribution in [0.2, 0.25) is 10.0 Å². The summed E-state index contributed by atoms with van der Waals surface area (Å²) in [6.07, 6.45) is 6.77. The first-order valence-corrected chi connectivity index (χ1v) is 12.9. The molecule has 0 spiro atoms. The smallest absolute Gasteiger partial charge is 0.246 e. The fourth-order valence-corrected chi connectivity index (χ4v) is 5.11. The van der Waals surface area contributed by atoms with Gasteiger partial charge in [0.25, 0.3) is 0 Å². The number of benzene rings is 2. The van der Waals surface area contributed by atoms with Gasteiger partial charge in [0.05, 0.1) is 31.5 Å². The summed E-state index contributed by atoms with van der Waals surface area (Å²) in [7, 11) is 0. The molecule has 9 heteroatoms. The summed E-state index contributed by atoms with van der Waals surface area (Å²) < 4.78 is 10.6. The van der Waals surface area contributed by atoms with Crippen LogP contribution in [0.15, 0.2) is 58.3 Å². The van der Waals surface area contributed by atoms with Crippen LogP contribution in [0.3, 0.4) is 0 Å². The number of carbonyl (C=O) groups excluding carboxylic acids is 2. The van der Waals surface area contributed by atoms with E-state index in [0.29, 0.717) is 62.7 Å². The lowest BCUT2D eigenvalue weighted by molar-refractivity contribution is -0.130. The topological polar surface area (TPSA) is 59.1 Å². The summed E-state index contributed by atoms with van der Waals surface area (Å²) >= 11 is 13.9. The van der Waals surface area contributed by atoms with E-state index < -0.39 is 0 Å². The molecule has 2 heterocycles. The maximum absolute atomic E-state index is 12.7. The molecule has 0 atom stereocenters. The van der Waals surface area contributed by atoms with Crippen LogP contribution in [0.1, 0.15) is 11.1 Å². The van der Waals surface area contributed by atoms with E-state index in [9.17, 15) is 9.59 Å². The van der Waals surface area contributed by atoms with Gasteiger partial charge in [0.1, 0.15) is 0 Å². The number of hydrogen-bond donors (Lipinski definition) is 0. The van der Waals surface area contributed by atoms with Gasteiger partial charge in [-0.2, -0.15) is 0 Å². The zero-order valence-corrected chi connectivity index (χ0v) is 21.5. The molecule has 4 rings (SSSR count). The predicted octanol–water partition coefficient (Wildman–Crippen LogP) is 4.89. The number of amides is 2. The van der Waals surface area contributed by atoms with Gasteiger partial charge in [0, 0.05) is 53.1 Å². The molecule has 0 saturated carbocycles. The second kappa shape index (κ2) is 12.6. The van der Waals surface area contributed by atoms with Crippen molar-refractivity contribution in [2.45, 2.75) is 9.79 Å². The van der Waals surface area contributed by atoms with Crippen molar-refractivity contribution < 1.29 is 19.1 Å². The van der Waals surface area contributed by atoms with Gasteiger partial charge in [-0.3, -0.25) is 9.59 Å². The lowest BCUT2D eigenvalue weighted by atomic mass is 10.1. The number of nitrogens with zero attached hydrogens (tertiary/aromatic N) is 2. The van der Waals surface area contributed by atoms with E-state index in [2.05, 4.69) is 0 Å². The van der Waals surface area contributed by atoms with Crippen molar-refractivity contribution in [3.63, 3.8) is 0 Å². The minimum atomic E-state index is -0.0581. The van der Waals surface area contributed by atoms with Crippen molar-refractivity contribution in [1.29, 1.82) is 0 Å². The van der Waals surface area contributed by atoms with Crippen molar-refractivity contribution in [2.75, 3.05) is 52.6 Å². The number of ether oxygens (including phenoxy) is 2. The Morgan fingerprint density at radius 3 is 1.94 bits per heavy atom. The highest BCUT2D eigenvalue weighted by Gasteiger charge is 2.16. The van der Waals surface area contributed by atoms with E-state index in [4.69, 9.17) is 32.7 Å². The summed E-state index contributed by atoms with van der Waals surface area (Å²) in [4.78, 5) is 30.5. The van der Waals surface area contributed by atoms with Crippen LogP contribution in [0.25, 0.3) is 12.2 Å². The molecule has 2 aliphatic rings. The molecular weight excluding hydrogens is 507 g/mol. The van der Waals surface area contributed by atoms with E-state index in [0.717, 1.165) is 20.9 Å². The third-order valence-corrected chi connectivity index (χ3v) is 7.44. The zero-order chi connectivity index (χ0) is 24.6. The lowest BCUT2D eigenvalue weighted by Crippen LogP contribution is -2.39. The highest BCUT2D eigenvalue weighted by atomic mass is 35.5. The largest absolute Gasteiger partial charge is 0.378 e. The summed E-state index contributed by atoms with van der Waals surface area (Å²) in [5.74, 6) is -0.100. The second-order valence-corrected chi connectivity index (χ2v) is 9.94. The molecule has 0 unspecified atom stereocenters. The quantitative estimate of drug-likeness (QED) is 0.495. The molecule has 0 N–H and O–H groups in total. The summed E-state index contributed by atoms with van der Waals surface area (Å²) in [6, 6.07) is 11.2. The van der Waals surface area contributed by atoms with Gasteiger partial charge in [0.2, 0.25) is 11.8 Å². The molecule has 2 aliphatic heterocycles. The van der Waals surface area contributed by atoms with Crippen LogP contribution in [-0.4, -0.2) is 74.2 Å². The minimum absolute atomic E-state index is 0.0423. The molecule has 2 aromatic carbocycles. The number of rotatable bonds is 6. The van der Waals surface area contributed by atoms with Crippen molar-refractivity contribution >= 4 is 58.9 Å². The Kier molecular flexibility index (Phi) is 9.29. The highest BCUT2D eigenvalue weighted by Crippen LogP contribution is 2.37. The Labute approximate surface area is 219 Å². The number of carbonyl (C=O) groups is 2. The highest BCUT2D eigenvalue weighted by molar-refractivity contribution is 7.99. The zero-order valence-electron chi connectivity index (χ0n) is 19.1. The predicted molar refractivity (Wildman–Crippen MR) is 140 cm³/mol. The van der Waals surface area contributed by atoms with Crippen molar-refractivity contribution in [2.24, 2.45) is 0 Å². The van der Waals surface area contributed by atoms with Crippen molar-refractivity contribution in [1.82, 2.24) is 9.80 Å². The first-order valence-electron chi connectivity index (χ1n) is 11.4. The number of morpholine rings is 2. The fraction of sp³-hybridized carbons (Fsp3) is 0.308. The van der Waals surface area contributed by atoms with Crippen molar-refractivity contribution in [3.05, 3.63) is 69.7 Å². The summed E-state index contributed by atoms with van der Waals surface area (Å²) in [6.45, 7) is 4.57. The van der Waals surface area contributed by atoms with Gasteiger partial charge in [-0.15, -0.1) is 0 Å². The van der Waals surface area contributed by atoms with Gasteiger partial charge in [-0.1, -0.05) is 41.0 Å². The molecule has 0 bridgehead atoms. The Morgan fingerprint density at radius 2 is 1.34 bits per heavy atom. The molecule has 184 valence electrons. The van der Waals surface area contributed by atoms with Crippen molar-refractivity contribution in [3.8, 4) is 0 Å². The third-order valence-electron chi connectivity index (χ3n) is 5.62. The second-order valence-electron chi connectivity index (χ2n) is 8.02. The maximum atomic E-state index is 12.7. The first-order chi connectivity index (χ1) is 17.0. The van der Waals surface area contributed by atoms with Gasteiger partial charge in [0.15, 0.2) is 0 Å². The van der Waals surface area contributed by atoms with Crippen LogP contribution < -0.4 is 0 Å². The Bertz CT molecular complexity index is 1130. The van der Waals surface area contributed by atoms with Gasteiger partial charge < -0.3 is 19.3 Å². The van der Waals surface area contributed by atoms with E-state index in [-0.39, 0.29) is 11.8 Å². The molecule has 2 fully saturated rings. The van der Waals surface area contributed by atoms with Crippen LogP contribution in [-0.2, 0) is 19.1 Å². The Hall–Kier alpha value is -2.29. The Balaban J connectivity index is 1.57. The molecule has 0 aliphatic carbocycles. The SMILES string of the molecule is O=C(/C=C/c1ccc(Sc2ccc(Cl)cc2Cl)c(/C=C/C(=O)N2CCOCC2)c1)N1CCOCC1. The maximum Gasteiger partial charge on any atom is 0.246 e. The molecule has 2 saturated heterocycles. The van der Waals surface area contributed by atoms with Crippen LogP contribution in [0, 0.1) is 0 Å². The summed E-state index contributed by atoms with van der Waals surface area (Å²) in [5.41, 5.74) is 1.71. The molecule has 2 aromatic rings. The minimum Gasteiger partial charge on any atom is -0.378 e. The van der Waals surface area contributed by atoms with Gasteiger partial charge >= 0.3 is 0 Å². The van der Waals surface area contributed by atoms with E-state index in [1.165, 1.54) is 11.8 Å². The van der Waals surface area contributed by atoms with Gasteiger partial charge in [-0.25, -0.2) is 0 Å². The molecular formula is C26H26Cl2N2O4S. The molecule has 2 amide bonds. The third kappa shape index (κ3) is 7.35. The summed E-state index contributed by atoms with van der Waals surface area (Å²) in [5, 5.41) is 1.13. The monoisotopic (exact) mass is 532 g/mol. The Morgan fingerprint density at radius 1 is 0.771 bits per heavy atom. The molecule has 6 nitrogen and oxygen atoms in total. The number of hydrogen-bond acceptors (Lipinski definition) is 5. The normalized spacial score (nSPS) is 16.9. The average Bonchev–Trinajstić information content (AvgIpc) is 2.89. The van der Waals surface area contributed by atoms with Crippen LogP contribution in [0.5, 0.6) is 0 Å². The van der Waals surface area contributed by atoms with E-state index in [1.54, 1.807) is 40.2 Å². The van der Waals surface area contributed by atoms with E-state index in [1.807, 2.05) is 30.3 Å². The fourth-order valence-electron chi connectivity index (χ4n) is 3.68. The number of halogens is 2. The lowest BCUT2D eigenvalue weighted by Gasteiger charge is -2.25. The van der Waals surface area contributed by atoms with Gasteiger partial charge in [-0.05, 0) is 53.6 Å². The molecule has 0 radical (unpaired) electrons. The first kappa shape index (κ1) is 25.8. The molecule has 35 heavy (non-hydrogen) atoms. The molecule has 0 aromatic heterocycles. The van der Waals surface area contributed by atoms with E-state index >= 15 is 0 Å². The average molecular weight is 533 g/mol.